The maximum absolute atomic E-state index is 13.7. The number of thiophene rings is 1. The van der Waals surface area contributed by atoms with E-state index in [-0.39, 0.29) is 30.4 Å². The molecule has 0 aliphatic carbocycles. The highest BCUT2D eigenvalue weighted by molar-refractivity contribution is 7.10. The molecule has 2 aromatic carbocycles. The zero-order valence-corrected chi connectivity index (χ0v) is 22.8. The summed E-state index contributed by atoms with van der Waals surface area (Å²) in [7, 11) is 1.61. The lowest BCUT2D eigenvalue weighted by molar-refractivity contribution is -0.135. The minimum atomic E-state index is -0.332. The van der Waals surface area contributed by atoms with E-state index in [4.69, 9.17) is 21.1 Å². The number of hydrogen-bond donors (Lipinski definition) is 1. The number of fused-ring (bicyclic) bond motifs is 1. The second-order valence-electron chi connectivity index (χ2n) is 9.36. The van der Waals surface area contributed by atoms with Gasteiger partial charge in [0.25, 0.3) is 0 Å². The lowest BCUT2D eigenvalue weighted by Gasteiger charge is -2.37. The van der Waals surface area contributed by atoms with Crippen molar-refractivity contribution in [3.05, 3.63) is 75.4 Å². The Balaban J connectivity index is 1.50. The monoisotopic (exact) mass is 541 g/mol. The lowest BCUT2D eigenvalue weighted by atomic mass is 10.0. The molecule has 1 aliphatic heterocycles. The molecular weight excluding hydrogens is 510 g/mol. The summed E-state index contributed by atoms with van der Waals surface area (Å²) in [4.78, 5) is 31.5. The molecule has 9 heteroatoms. The molecule has 7 nitrogen and oxygen atoms in total. The molecule has 1 aliphatic rings. The van der Waals surface area contributed by atoms with Crippen LogP contribution in [0.1, 0.15) is 30.3 Å². The number of amides is 3. The van der Waals surface area contributed by atoms with E-state index in [0.717, 1.165) is 12.0 Å². The van der Waals surface area contributed by atoms with Crippen LogP contribution in [0.25, 0.3) is 0 Å². The molecule has 0 unspecified atom stereocenters. The second kappa shape index (κ2) is 12.3. The number of urea groups is 1. The Labute approximate surface area is 226 Å². The summed E-state index contributed by atoms with van der Waals surface area (Å²) >= 11 is 7.77. The van der Waals surface area contributed by atoms with Gasteiger partial charge in [0.1, 0.15) is 24.7 Å². The Hall–Kier alpha value is -3.23. The molecule has 0 saturated heterocycles. The van der Waals surface area contributed by atoms with Crippen LogP contribution in [0.2, 0.25) is 5.02 Å². The topological polar surface area (TPSA) is 71.1 Å². The summed E-state index contributed by atoms with van der Waals surface area (Å²) in [5.41, 5.74) is 1.69. The fraction of sp³-hybridized carbons (Fsp3) is 0.357. The Morgan fingerprint density at radius 3 is 2.70 bits per heavy atom. The molecule has 1 atom stereocenters. The van der Waals surface area contributed by atoms with Crippen molar-refractivity contribution in [2.75, 3.05) is 38.7 Å². The van der Waals surface area contributed by atoms with Crippen molar-refractivity contribution in [1.29, 1.82) is 0 Å². The predicted molar refractivity (Wildman–Crippen MR) is 148 cm³/mol. The van der Waals surface area contributed by atoms with Crippen LogP contribution in [0.4, 0.5) is 10.5 Å². The maximum Gasteiger partial charge on any atom is 0.322 e. The lowest BCUT2D eigenvalue weighted by Crippen LogP contribution is -2.49. The van der Waals surface area contributed by atoms with Gasteiger partial charge in [-0.3, -0.25) is 4.79 Å². The third kappa shape index (κ3) is 6.96. The molecule has 0 fully saturated rings. The van der Waals surface area contributed by atoms with E-state index in [9.17, 15) is 9.59 Å². The van der Waals surface area contributed by atoms with Crippen molar-refractivity contribution in [1.82, 2.24) is 9.80 Å². The minimum absolute atomic E-state index is 0.0281. The molecule has 1 N–H and O–H groups in total. The van der Waals surface area contributed by atoms with Gasteiger partial charge < -0.3 is 24.6 Å². The average molecular weight is 542 g/mol. The second-order valence-corrected chi connectivity index (χ2v) is 10.8. The highest BCUT2D eigenvalue weighted by Gasteiger charge is 2.33. The first-order valence-corrected chi connectivity index (χ1v) is 13.5. The number of benzene rings is 2. The Kier molecular flexibility index (Phi) is 8.95. The SMILES string of the molecule is COc1cccc(OC[C@@H]2c3ccsc3CCN2C(=O)CN(CC(C)C)C(=O)Nc2cccc(Cl)c2)c1. The van der Waals surface area contributed by atoms with Crippen LogP contribution in [0.15, 0.2) is 60.0 Å². The van der Waals surface area contributed by atoms with Gasteiger partial charge in [-0.05, 0) is 59.7 Å². The number of carbonyl (C=O) groups excluding carboxylic acids is 2. The molecule has 0 bridgehead atoms. The van der Waals surface area contributed by atoms with Crippen molar-refractivity contribution in [2.45, 2.75) is 26.3 Å². The van der Waals surface area contributed by atoms with Gasteiger partial charge in [-0.1, -0.05) is 37.6 Å². The smallest absolute Gasteiger partial charge is 0.322 e. The summed E-state index contributed by atoms with van der Waals surface area (Å²) in [6.07, 6.45) is 0.785. The Bertz CT molecular complexity index is 1230. The summed E-state index contributed by atoms with van der Waals surface area (Å²) in [6.45, 7) is 5.34. The summed E-state index contributed by atoms with van der Waals surface area (Å²) in [5, 5.41) is 5.46. The van der Waals surface area contributed by atoms with Gasteiger partial charge >= 0.3 is 6.03 Å². The molecule has 2 heterocycles. The van der Waals surface area contributed by atoms with Crippen molar-refractivity contribution < 1.29 is 19.1 Å². The van der Waals surface area contributed by atoms with E-state index in [0.29, 0.717) is 41.9 Å². The van der Waals surface area contributed by atoms with Crippen molar-refractivity contribution in [3.63, 3.8) is 0 Å². The maximum atomic E-state index is 13.7. The van der Waals surface area contributed by atoms with Crippen LogP contribution in [0.5, 0.6) is 11.5 Å². The van der Waals surface area contributed by atoms with Crippen LogP contribution in [0.3, 0.4) is 0 Å². The first kappa shape index (κ1) is 26.8. The van der Waals surface area contributed by atoms with Crippen molar-refractivity contribution in [3.8, 4) is 11.5 Å². The van der Waals surface area contributed by atoms with Crippen molar-refractivity contribution in [2.24, 2.45) is 5.92 Å². The fourth-order valence-corrected chi connectivity index (χ4v) is 5.54. The van der Waals surface area contributed by atoms with E-state index < -0.39 is 0 Å². The molecule has 1 aromatic heterocycles. The number of nitrogens with one attached hydrogen (secondary N) is 1. The quantitative estimate of drug-likeness (QED) is 0.355. The predicted octanol–water partition coefficient (Wildman–Crippen LogP) is 6.11. The van der Waals surface area contributed by atoms with E-state index >= 15 is 0 Å². The van der Waals surface area contributed by atoms with Gasteiger partial charge in [-0.25, -0.2) is 4.79 Å². The first-order chi connectivity index (χ1) is 17.8. The van der Waals surface area contributed by atoms with Gasteiger partial charge in [-0.15, -0.1) is 11.3 Å². The summed E-state index contributed by atoms with van der Waals surface area (Å²) < 4.78 is 11.4. The molecule has 3 aromatic rings. The first-order valence-electron chi connectivity index (χ1n) is 12.3. The molecule has 3 amide bonds. The Morgan fingerprint density at radius 2 is 1.95 bits per heavy atom. The van der Waals surface area contributed by atoms with Crippen molar-refractivity contribution >= 4 is 40.6 Å². The zero-order valence-electron chi connectivity index (χ0n) is 21.3. The number of ether oxygens (including phenoxy) is 2. The molecule has 0 saturated carbocycles. The Morgan fingerprint density at radius 1 is 1.16 bits per heavy atom. The number of anilines is 1. The zero-order chi connectivity index (χ0) is 26.4. The molecule has 196 valence electrons. The number of rotatable bonds is 9. The number of halogens is 1. The van der Waals surface area contributed by atoms with E-state index in [1.165, 1.54) is 4.88 Å². The van der Waals surface area contributed by atoms with Gasteiger partial charge in [-0.2, -0.15) is 0 Å². The van der Waals surface area contributed by atoms with E-state index in [1.54, 1.807) is 47.6 Å². The number of nitrogens with zero attached hydrogens (tertiary/aromatic N) is 2. The van der Waals surface area contributed by atoms with Crippen LogP contribution >= 0.6 is 22.9 Å². The van der Waals surface area contributed by atoms with Crippen LogP contribution in [0, 0.1) is 5.92 Å². The summed E-state index contributed by atoms with van der Waals surface area (Å²) in [6, 6.07) is 15.9. The molecule has 0 spiro atoms. The highest BCUT2D eigenvalue weighted by Crippen LogP contribution is 2.34. The van der Waals surface area contributed by atoms with Gasteiger partial charge in [0.15, 0.2) is 0 Å². The molecule has 37 heavy (non-hydrogen) atoms. The average Bonchev–Trinajstić information content (AvgIpc) is 3.36. The largest absolute Gasteiger partial charge is 0.497 e. The molecular formula is C28H32ClN3O4S. The van der Waals surface area contributed by atoms with Crippen LogP contribution in [-0.2, 0) is 11.2 Å². The minimum Gasteiger partial charge on any atom is -0.497 e. The third-order valence-electron chi connectivity index (χ3n) is 6.14. The molecule has 0 radical (unpaired) electrons. The third-order valence-corrected chi connectivity index (χ3v) is 7.37. The van der Waals surface area contributed by atoms with Gasteiger partial charge in [0.2, 0.25) is 5.91 Å². The molecule has 4 rings (SSSR count). The van der Waals surface area contributed by atoms with Crippen LogP contribution < -0.4 is 14.8 Å². The van der Waals surface area contributed by atoms with E-state index in [1.807, 2.05) is 43.0 Å². The standard InChI is InChI=1S/C28H32ClN3O4S/c1-19(2)16-31(28(34)30-21-7-4-6-20(29)14-21)17-27(33)32-12-10-26-24(11-13-37-26)25(32)18-36-23-9-5-8-22(15-23)35-3/h4-9,11,13-15,19,25H,10,12,16-18H2,1-3H3,(H,30,34)/t25-/m1/s1. The normalized spacial score (nSPS) is 14.7. The van der Waals surface area contributed by atoms with E-state index in [2.05, 4.69) is 16.8 Å². The number of hydrogen-bond acceptors (Lipinski definition) is 5. The van der Waals surface area contributed by atoms with Crippen LogP contribution in [-0.4, -0.2) is 55.1 Å². The number of carbonyl (C=O) groups is 2. The number of methoxy groups -OCH3 is 1. The van der Waals surface area contributed by atoms with Gasteiger partial charge in [0, 0.05) is 34.7 Å². The summed E-state index contributed by atoms with van der Waals surface area (Å²) in [5.74, 6) is 1.46. The fourth-order valence-electron chi connectivity index (χ4n) is 4.42. The highest BCUT2D eigenvalue weighted by atomic mass is 35.5. The van der Waals surface area contributed by atoms with Gasteiger partial charge in [0.05, 0.1) is 13.2 Å².